The van der Waals surface area contributed by atoms with Crippen LogP contribution in [0, 0.1) is 0 Å². The SMILES string of the molecule is CC.CN(C)C(=O)N[C@@H]1CCCN(c2cnc(C(N)=O)c(Nc3ccc4ncccc4c3)n2)C1. The second-order valence-electron chi connectivity index (χ2n) is 7.95. The second-order valence-corrected chi connectivity index (χ2v) is 7.95. The minimum absolute atomic E-state index is 0.000615. The molecular formula is C24H32N8O2. The van der Waals surface area contributed by atoms with Gasteiger partial charge in [0.2, 0.25) is 0 Å². The Kier molecular flexibility index (Phi) is 8.18. The monoisotopic (exact) mass is 464 g/mol. The largest absolute Gasteiger partial charge is 0.364 e. The number of urea groups is 1. The molecule has 180 valence electrons. The van der Waals surface area contributed by atoms with Gasteiger partial charge in [-0.2, -0.15) is 0 Å². The third-order valence-corrected chi connectivity index (χ3v) is 5.34. The summed E-state index contributed by atoms with van der Waals surface area (Å²) in [7, 11) is 3.43. The van der Waals surface area contributed by atoms with E-state index in [0.717, 1.165) is 36.0 Å². The predicted octanol–water partition coefficient (Wildman–Crippen LogP) is 3.13. The van der Waals surface area contributed by atoms with E-state index in [4.69, 9.17) is 5.73 Å². The van der Waals surface area contributed by atoms with E-state index in [9.17, 15) is 9.59 Å². The van der Waals surface area contributed by atoms with Gasteiger partial charge in [-0.3, -0.25) is 9.78 Å². The van der Waals surface area contributed by atoms with Gasteiger partial charge < -0.3 is 26.2 Å². The lowest BCUT2D eigenvalue weighted by Crippen LogP contribution is -2.50. The van der Waals surface area contributed by atoms with Crippen molar-refractivity contribution in [3.63, 3.8) is 0 Å². The summed E-state index contributed by atoms with van der Waals surface area (Å²) in [6, 6.07) is 9.38. The molecule has 1 fully saturated rings. The molecule has 3 amide bonds. The average molecular weight is 465 g/mol. The second kappa shape index (κ2) is 11.3. The Morgan fingerprint density at radius 2 is 1.97 bits per heavy atom. The molecule has 1 aliphatic heterocycles. The minimum atomic E-state index is -0.663. The lowest BCUT2D eigenvalue weighted by molar-refractivity contribution is 0.0996. The van der Waals surface area contributed by atoms with Gasteiger partial charge in [0.1, 0.15) is 5.82 Å². The number of anilines is 3. The number of piperidine rings is 1. The fraction of sp³-hybridized carbons (Fsp3) is 0.375. The Bertz CT molecular complexity index is 1150. The van der Waals surface area contributed by atoms with E-state index in [2.05, 4.69) is 30.5 Å². The highest BCUT2D eigenvalue weighted by molar-refractivity contribution is 5.96. The van der Waals surface area contributed by atoms with Crippen LogP contribution >= 0.6 is 0 Å². The first-order valence-corrected chi connectivity index (χ1v) is 11.4. The van der Waals surface area contributed by atoms with Gasteiger partial charge in [0, 0.05) is 50.5 Å². The van der Waals surface area contributed by atoms with Crippen LogP contribution in [0.3, 0.4) is 0 Å². The van der Waals surface area contributed by atoms with E-state index in [1.165, 1.54) is 4.90 Å². The zero-order valence-corrected chi connectivity index (χ0v) is 20.1. The average Bonchev–Trinajstić information content (AvgIpc) is 2.85. The number of carbonyl (C=O) groups is 2. The van der Waals surface area contributed by atoms with Gasteiger partial charge in [0.25, 0.3) is 5.91 Å². The number of benzene rings is 1. The number of rotatable bonds is 5. The minimum Gasteiger partial charge on any atom is -0.364 e. The summed E-state index contributed by atoms with van der Waals surface area (Å²) < 4.78 is 0. The first-order valence-electron chi connectivity index (χ1n) is 11.4. The van der Waals surface area contributed by atoms with Crippen molar-refractivity contribution in [3.8, 4) is 0 Å². The number of primary amides is 1. The maximum Gasteiger partial charge on any atom is 0.317 e. The molecule has 0 spiro atoms. The molecule has 0 bridgehead atoms. The summed E-state index contributed by atoms with van der Waals surface area (Å²) in [5.74, 6) is 0.241. The summed E-state index contributed by atoms with van der Waals surface area (Å²) >= 11 is 0. The number of carbonyl (C=O) groups excluding carboxylic acids is 2. The van der Waals surface area contributed by atoms with Crippen LogP contribution in [0.2, 0.25) is 0 Å². The number of aromatic nitrogens is 3. The van der Waals surface area contributed by atoms with Crippen molar-refractivity contribution in [1.29, 1.82) is 0 Å². The number of fused-ring (bicyclic) bond motifs is 1. The Morgan fingerprint density at radius 1 is 1.18 bits per heavy atom. The number of nitrogens with two attached hydrogens (primary N) is 1. The number of hydrogen-bond donors (Lipinski definition) is 3. The first kappa shape index (κ1) is 24.7. The van der Waals surface area contributed by atoms with Crippen LogP contribution < -0.4 is 21.3 Å². The van der Waals surface area contributed by atoms with Crippen molar-refractivity contribution in [2.45, 2.75) is 32.7 Å². The molecule has 1 atom stereocenters. The molecule has 3 aromatic rings. The molecule has 2 aromatic heterocycles. The van der Waals surface area contributed by atoms with Crippen LogP contribution in [0.15, 0.2) is 42.7 Å². The summed E-state index contributed by atoms with van der Waals surface area (Å²) in [6.45, 7) is 5.38. The zero-order valence-electron chi connectivity index (χ0n) is 20.1. The summed E-state index contributed by atoms with van der Waals surface area (Å²) in [6.07, 6.45) is 5.07. The molecule has 1 saturated heterocycles. The van der Waals surface area contributed by atoms with E-state index < -0.39 is 5.91 Å². The summed E-state index contributed by atoms with van der Waals surface area (Å²) in [5.41, 5.74) is 7.21. The van der Waals surface area contributed by atoms with Crippen LogP contribution in [0.5, 0.6) is 0 Å². The van der Waals surface area contributed by atoms with Gasteiger partial charge in [-0.25, -0.2) is 14.8 Å². The van der Waals surface area contributed by atoms with Gasteiger partial charge in [0.15, 0.2) is 11.5 Å². The highest BCUT2D eigenvalue weighted by Crippen LogP contribution is 2.25. The van der Waals surface area contributed by atoms with E-state index in [-0.39, 0.29) is 23.6 Å². The lowest BCUT2D eigenvalue weighted by atomic mass is 10.1. The van der Waals surface area contributed by atoms with E-state index in [1.54, 1.807) is 26.5 Å². The third-order valence-electron chi connectivity index (χ3n) is 5.34. The van der Waals surface area contributed by atoms with Crippen LogP contribution in [0.4, 0.5) is 22.1 Å². The number of pyridine rings is 1. The van der Waals surface area contributed by atoms with Gasteiger partial charge in [-0.1, -0.05) is 19.9 Å². The van der Waals surface area contributed by atoms with Gasteiger partial charge >= 0.3 is 6.03 Å². The highest BCUT2D eigenvalue weighted by Gasteiger charge is 2.24. The molecule has 4 N–H and O–H groups in total. The third kappa shape index (κ3) is 5.89. The van der Waals surface area contributed by atoms with Crippen molar-refractivity contribution < 1.29 is 9.59 Å². The number of nitrogens with one attached hydrogen (secondary N) is 2. The predicted molar refractivity (Wildman–Crippen MR) is 134 cm³/mol. The molecular weight excluding hydrogens is 432 g/mol. The van der Waals surface area contributed by atoms with Gasteiger partial charge in [-0.15, -0.1) is 0 Å². The molecule has 3 heterocycles. The molecule has 10 nitrogen and oxygen atoms in total. The molecule has 1 aliphatic rings. The zero-order chi connectivity index (χ0) is 24.7. The van der Waals surface area contributed by atoms with E-state index >= 15 is 0 Å². The van der Waals surface area contributed by atoms with Crippen molar-refractivity contribution in [1.82, 2.24) is 25.2 Å². The van der Waals surface area contributed by atoms with Crippen molar-refractivity contribution in [3.05, 3.63) is 48.4 Å². The van der Waals surface area contributed by atoms with E-state index in [0.29, 0.717) is 12.4 Å². The normalized spacial score (nSPS) is 15.2. The van der Waals surface area contributed by atoms with Crippen molar-refractivity contribution in [2.24, 2.45) is 5.73 Å². The molecule has 0 aliphatic carbocycles. The van der Waals surface area contributed by atoms with Crippen LogP contribution in [0.1, 0.15) is 37.2 Å². The van der Waals surface area contributed by atoms with Crippen LogP contribution in [-0.4, -0.2) is 65.0 Å². The smallest absolute Gasteiger partial charge is 0.317 e. The number of amides is 3. The molecule has 4 rings (SSSR count). The number of nitrogens with zero attached hydrogens (tertiary/aromatic N) is 5. The van der Waals surface area contributed by atoms with Crippen molar-refractivity contribution >= 4 is 40.2 Å². The van der Waals surface area contributed by atoms with Crippen molar-refractivity contribution in [2.75, 3.05) is 37.4 Å². The van der Waals surface area contributed by atoms with Crippen LogP contribution in [-0.2, 0) is 0 Å². The van der Waals surface area contributed by atoms with Gasteiger partial charge in [0.05, 0.1) is 11.7 Å². The van der Waals surface area contributed by atoms with Crippen LogP contribution in [0.25, 0.3) is 10.9 Å². The molecule has 0 unspecified atom stereocenters. The molecule has 0 saturated carbocycles. The molecule has 0 radical (unpaired) electrons. The highest BCUT2D eigenvalue weighted by atomic mass is 16.2. The Morgan fingerprint density at radius 3 is 2.71 bits per heavy atom. The number of hydrogen-bond acceptors (Lipinski definition) is 7. The Labute approximate surface area is 199 Å². The fourth-order valence-electron chi connectivity index (χ4n) is 3.70. The maximum atomic E-state index is 12.0. The molecule has 1 aromatic carbocycles. The van der Waals surface area contributed by atoms with Gasteiger partial charge in [-0.05, 0) is 37.1 Å². The standard InChI is InChI=1S/C22H26N8O2.C2H6/c1-29(2)22(32)27-16-6-4-10-30(13-16)18-12-25-19(20(23)31)21(28-18)26-15-7-8-17-14(11-15)5-3-9-24-17;1-2/h3,5,7-9,11-12,16H,4,6,10,13H2,1-2H3,(H2,23,31)(H,26,28)(H,27,32);1-2H3/t16-;/m1./s1. The maximum absolute atomic E-state index is 12.0. The topological polar surface area (TPSA) is 129 Å². The molecule has 10 heteroatoms. The molecule has 34 heavy (non-hydrogen) atoms. The summed E-state index contributed by atoms with van der Waals surface area (Å²) in [4.78, 5) is 40.8. The summed E-state index contributed by atoms with van der Waals surface area (Å²) in [5, 5.41) is 7.16. The van der Waals surface area contributed by atoms with E-state index in [1.807, 2.05) is 44.2 Å². The first-order chi connectivity index (χ1) is 16.4. The fourth-order valence-corrected chi connectivity index (χ4v) is 3.70. The lowest BCUT2D eigenvalue weighted by Gasteiger charge is -2.34. The Hall–Kier alpha value is -3.95. The quantitative estimate of drug-likeness (QED) is 0.529. The Balaban J connectivity index is 0.00000158.